The van der Waals surface area contributed by atoms with Crippen LogP contribution in [0.4, 0.5) is 0 Å². The molecule has 1 aliphatic carbocycles. The van der Waals surface area contributed by atoms with Crippen molar-refractivity contribution in [3.05, 3.63) is 70.7 Å². The number of hydrogen-bond donors (Lipinski definition) is 3. The maximum absolute atomic E-state index is 11.9. The predicted octanol–water partition coefficient (Wildman–Crippen LogP) is 1.29. The number of benzene rings is 1. The summed E-state index contributed by atoms with van der Waals surface area (Å²) in [5, 5.41) is 0. The van der Waals surface area contributed by atoms with Gasteiger partial charge in [-0.25, -0.2) is 4.79 Å². The van der Waals surface area contributed by atoms with Gasteiger partial charge in [-0.1, -0.05) is 30.4 Å². The number of carbonyl (C=O) groups excluding carboxylic acids is 1. The summed E-state index contributed by atoms with van der Waals surface area (Å²) in [6.45, 7) is 0. The minimum absolute atomic E-state index is 0.0761. The molecule has 1 heterocycles. The first kappa shape index (κ1) is 12.3. The molecule has 3 rings (SSSR count). The van der Waals surface area contributed by atoms with E-state index in [2.05, 4.69) is 10.9 Å². The standard InChI is InChI=1S/C15H15N3O2/c1-20-15(19)11-6-3-2-5-9(11)10-7-4-8-12-13(10)14(16)18-17-12/h2-8,10,17-18H,16H2,1H3. The van der Waals surface area contributed by atoms with Gasteiger partial charge in [-0.15, -0.1) is 0 Å². The van der Waals surface area contributed by atoms with Crippen LogP contribution in [0, 0.1) is 0 Å². The van der Waals surface area contributed by atoms with Crippen molar-refractivity contribution in [2.24, 2.45) is 5.73 Å². The summed E-state index contributed by atoms with van der Waals surface area (Å²) < 4.78 is 4.85. The molecule has 0 amide bonds. The highest BCUT2D eigenvalue weighted by molar-refractivity contribution is 5.91. The van der Waals surface area contributed by atoms with Gasteiger partial charge in [0.1, 0.15) is 5.82 Å². The molecule has 0 fully saturated rings. The number of methoxy groups -OCH3 is 1. The smallest absolute Gasteiger partial charge is 0.338 e. The van der Waals surface area contributed by atoms with Gasteiger partial charge in [0.15, 0.2) is 0 Å². The van der Waals surface area contributed by atoms with E-state index in [1.807, 2.05) is 36.4 Å². The number of nitrogens with one attached hydrogen (secondary N) is 2. The topological polar surface area (TPSA) is 76.4 Å². The molecule has 1 aliphatic heterocycles. The molecule has 0 aromatic heterocycles. The second kappa shape index (κ2) is 4.77. The van der Waals surface area contributed by atoms with Crippen molar-refractivity contribution in [2.45, 2.75) is 5.92 Å². The van der Waals surface area contributed by atoms with Crippen LogP contribution in [0.2, 0.25) is 0 Å². The molecule has 0 saturated heterocycles. The van der Waals surface area contributed by atoms with Gasteiger partial charge in [0.05, 0.1) is 18.4 Å². The Labute approximate surface area is 116 Å². The second-order valence-electron chi connectivity index (χ2n) is 4.60. The Hall–Kier alpha value is -2.69. The molecule has 4 N–H and O–H groups in total. The Morgan fingerprint density at radius 1 is 1.30 bits per heavy atom. The highest BCUT2D eigenvalue weighted by Crippen LogP contribution is 2.37. The molecule has 0 saturated carbocycles. The molecule has 20 heavy (non-hydrogen) atoms. The lowest BCUT2D eigenvalue weighted by atomic mass is 9.84. The van der Waals surface area contributed by atoms with Crippen molar-refractivity contribution in [1.29, 1.82) is 0 Å². The number of allylic oxidation sites excluding steroid dienone is 4. The largest absolute Gasteiger partial charge is 0.465 e. The van der Waals surface area contributed by atoms with Gasteiger partial charge in [0.2, 0.25) is 0 Å². The first-order valence-electron chi connectivity index (χ1n) is 6.30. The van der Waals surface area contributed by atoms with Gasteiger partial charge < -0.3 is 10.5 Å². The molecule has 0 spiro atoms. The maximum Gasteiger partial charge on any atom is 0.338 e. The van der Waals surface area contributed by atoms with Crippen LogP contribution >= 0.6 is 0 Å². The monoisotopic (exact) mass is 269 g/mol. The Morgan fingerprint density at radius 3 is 2.90 bits per heavy atom. The number of carbonyl (C=O) groups is 1. The van der Waals surface area contributed by atoms with E-state index in [-0.39, 0.29) is 11.9 Å². The molecule has 2 aliphatic rings. The number of ether oxygens (including phenoxy) is 1. The average molecular weight is 269 g/mol. The molecule has 5 nitrogen and oxygen atoms in total. The zero-order chi connectivity index (χ0) is 14.1. The van der Waals surface area contributed by atoms with Crippen LogP contribution in [0.1, 0.15) is 21.8 Å². The molecule has 1 aromatic carbocycles. The van der Waals surface area contributed by atoms with Crippen LogP contribution in [0.3, 0.4) is 0 Å². The molecule has 1 aromatic rings. The minimum Gasteiger partial charge on any atom is -0.465 e. The summed E-state index contributed by atoms with van der Waals surface area (Å²) >= 11 is 0. The summed E-state index contributed by atoms with van der Waals surface area (Å²) in [4.78, 5) is 11.9. The van der Waals surface area contributed by atoms with Crippen LogP contribution in [0.5, 0.6) is 0 Å². The van der Waals surface area contributed by atoms with Crippen LogP contribution in [0.15, 0.2) is 59.6 Å². The summed E-state index contributed by atoms with van der Waals surface area (Å²) in [6.07, 6.45) is 5.91. The quantitative estimate of drug-likeness (QED) is 0.705. The van der Waals surface area contributed by atoms with Gasteiger partial charge in [-0.3, -0.25) is 10.9 Å². The third-order valence-electron chi connectivity index (χ3n) is 3.49. The third-order valence-corrected chi connectivity index (χ3v) is 3.49. The van der Waals surface area contributed by atoms with Crippen molar-refractivity contribution in [3.8, 4) is 0 Å². The van der Waals surface area contributed by atoms with Crippen molar-refractivity contribution in [3.63, 3.8) is 0 Å². The molecule has 1 atom stereocenters. The van der Waals surface area contributed by atoms with Gasteiger partial charge in [0.25, 0.3) is 0 Å². The van der Waals surface area contributed by atoms with Crippen molar-refractivity contribution in [1.82, 2.24) is 10.9 Å². The summed E-state index contributed by atoms with van der Waals surface area (Å²) in [5.74, 6) is 0.154. The lowest BCUT2D eigenvalue weighted by molar-refractivity contribution is 0.0599. The lowest BCUT2D eigenvalue weighted by Crippen LogP contribution is -2.26. The molecular weight excluding hydrogens is 254 g/mol. The van der Waals surface area contributed by atoms with Crippen LogP contribution in [-0.4, -0.2) is 13.1 Å². The number of fused-ring (bicyclic) bond motifs is 1. The fourth-order valence-corrected chi connectivity index (χ4v) is 2.56. The zero-order valence-corrected chi connectivity index (χ0v) is 11.0. The minimum atomic E-state index is -0.344. The number of nitrogens with two attached hydrogens (primary N) is 1. The Kier molecular flexibility index (Phi) is 2.95. The van der Waals surface area contributed by atoms with Gasteiger partial charge in [-0.2, -0.15) is 0 Å². The van der Waals surface area contributed by atoms with Crippen molar-refractivity contribution in [2.75, 3.05) is 7.11 Å². The lowest BCUT2D eigenvalue weighted by Gasteiger charge is -2.20. The molecule has 0 bridgehead atoms. The Balaban J connectivity index is 2.10. The van der Waals surface area contributed by atoms with Gasteiger partial charge in [0, 0.05) is 11.5 Å². The summed E-state index contributed by atoms with van der Waals surface area (Å²) in [6, 6.07) is 7.41. The molecule has 5 heteroatoms. The zero-order valence-electron chi connectivity index (χ0n) is 11.0. The van der Waals surface area contributed by atoms with E-state index >= 15 is 0 Å². The SMILES string of the molecule is COC(=O)c1ccccc1C1C=CC=C2NNC(N)=C21. The van der Waals surface area contributed by atoms with E-state index in [9.17, 15) is 4.79 Å². The molecule has 102 valence electrons. The fourth-order valence-electron chi connectivity index (χ4n) is 2.56. The van der Waals surface area contributed by atoms with Gasteiger partial charge >= 0.3 is 5.97 Å². The van der Waals surface area contributed by atoms with E-state index in [1.165, 1.54) is 7.11 Å². The third kappa shape index (κ3) is 1.84. The highest BCUT2D eigenvalue weighted by Gasteiger charge is 2.29. The number of rotatable bonds is 2. The number of hydrogen-bond acceptors (Lipinski definition) is 5. The van der Waals surface area contributed by atoms with Crippen LogP contribution in [-0.2, 0) is 4.74 Å². The average Bonchev–Trinajstić information content (AvgIpc) is 2.88. The van der Waals surface area contributed by atoms with E-state index in [1.54, 1.807) is 6.07 Å². The first-order valence-corrected chi connectivity index (χ1v) is 6.30. The number of hydrazine groups is 1. The first-order chi connectivity index (χ1) is 9.72. The molecular formula is C15H15N3O2. The molecule has 1 unspecified atom stereocenters. The maximum atomic E-state index is 11.9. The van der Waals surface area contributed by atoms with E-state index in [4.69, 9.17) is 10.5 Å². The van der Waals surface area contributed by atoms with E-state index in [0.717, 1.165) is 16.8 Å². The summed E-state index contributed by atoms with van der Waals surface area (Å²) in [5.41, 5.74) is 15.2. The molecule has 0 radical (unpaired) electrons. The fraction of sp³-hybridized carbons (Fsp3) is 0.133. The van der Waals surface area contributed by atoms with Crippen LogP contribution in [0.25, 0.3) is 0 Å². The van der Waals surface area contributed by atoms with E-state index < -0.39 is 0 Å². The summed E-state index contributed by atoms with van der Waals surface area (Å²) in [7, 11) is 1.38. The Morgan fingerprint density at radius 2 is 2.10 bits per heavy atom. The van der Waals surface area contributed by atoms with E-state index in [0.29, 0.717) is 11.4 Å². The van der Waals surface area contributed by atoms with Crippen LogP contribution < -0.4 is 16.6 Å². The number of esters is 1. The highest BCUT2D eigenvalue weighted by atomic mass is 16.5. The predicted molar refractivity (Wildman–Crippen MR) is 75.2 cm³/mol. The normalized spacial score (nSPS) is 19.9. The Bertz CT molecular complexity index is 659. The second-order valence-corrected chi connectivity index (χ2v) is 4.60. The van der Waals surface area contributed by atoms with Crippen molar-refractivity contribution >= 4 is 5.97 Å². The van der Waals surface area contributed by atoms with Crippen molar-refractivity contribution < 1.29 is 9.53 Å². The van der Waals surface area contributed by atoms with Gasteiger partial charge in [-0.05, 0) is 17.7 Å².